The average Bonchev–Trinajstić information content (AvgIpc) is 2.85. The molecule has 1 atom stereocenters. The highest BCUT2D eigenvalue weighted by Crippen LogP contribution is 2.19. The predicted octanol–water partition coefficient (Wildman–Crippen LogP) is 1.43. The SMILES string of the molecule is C=CC(=O)OCCCCOCC(O)COC(=O)COc1ccc2sc3c(c(=O)c2c1)=CCCC=3. The Kier molecular flexibility index (Phi) is 9.81. The number of carbonyl (C=O) groups is 2. The van der Waals surface area contributed by atoms with Crippen molar-refractivity contribution in [1.82, 2.24) is 0 Å². The molecule has 1 aromatic carbocycles. The summed E-state index contributed by atoms with van der Waals surface area (Å²) in [5, 5.41) is 11.2. The first kappa shape index (κ1) is 25.6. The van der Waals surface area contributed by atoms with Gasteiger partial charge in [-0.2, -0.15) is 0 Å². The quantitative estimate of drug-likeness (QED) is 0.256. The minimum absolute atomic E-state index is 0.0114. The molecule has 182 valence electrons. The number of rotatable bonds is 13. The highest BCUT2D eigenvalue weighted by Gasteiger charge is 2.11. The number of esters is 2. The van der Waals surface area contributed by atoms with E-state index in [0.717, 1.165) is 33.4 Å². The Bertz CT molecular complexity index is 1200. The molecule has 0 aliphatic heterocycles. The Morgan fingerprint density at radius 1 is 1.12 bits per heavy atom. The van der Waals surface area contributed by atoms with Gasteiger partial charge in [-0.05, 0) is 43.9 Å². The zero-order valence-corrected chi connectivity index (χ0v) is 19.6. The molecule has 8 nitrogen and oxygen atoms in total. The second kappa shape index (κ2) is 13.0. The lowest BCUT2D eigenvalue weighted by Gasteiger charge is -2.12. The van der Waals surface area contributed by atoms with Gasteiger partial charge in [0.1, 0.15) is 18.5 Å². The lowest BCUT2D eigenvalue weighted by molar-refractivity contribution is -0.150. The molecule has 1 aliphatic carbocycles. The van der Waals surface area contributed by atoms with Gasteiger partial charge in [0.15, 0.2) is 12.0 Å². The van der Waals surface area contributed by atoms with E-state index in [-0.39, 0.29) is 31.9 Å². The largest absolute Gasteiger partial charge is 0.482 e. The Hall–Kier alpha value is -3.01. The maximum absolute atomic E-state index is 12.8. The van der Waals surface area contributed by atoms with Gasteiger partial charge in [0.25, 0.3) is 0 Å². The van der Waals surface area contributed by atoms with Crippen molar-refractivity contribution in [2.45, 2.75) is 31.8 Å². The van der Waals surface area contributed by atoms with E-state index in [1.165, 1.54) is 0 Å². The third-order valence-electron chi connectivity index (χ3n) is 4.97. The second-order valence-electron chi connectivity index (χ2n) is 7.63. The molecule has 0 saturated heterocycles. The molecule has 0 fully saturated rings. The van der Waals surface area contributed by atoms with Crippen LogP contribution in [-0.2, 0) is 23.8 Å². The van der Waals surface area contributed by atoms with Crippen LogP contribution in [0.25, 0.3) is 22.2 Å². The number of ether oxygens (including phenoxy) is 4. The Balaban J connectivity index is 1.37. The number of unbranched alkanes of at least 4 members (excludes halogenated alkanes) is 1. The monoisotopic (exact) mass is 488 g/mol. The van der Waals surface area contributed by atoms with Gasteiger partial charge in [-0.25, -0.2) is 9.59 Å². The van der Waals surface area contributed by atoms with E-state index in [0.29, 0.717) is 30.6 Å². The van der Waals surface area contributed by atoms with E-state index < -0.39 is 18.0 Å². The standard InChI is InChI=1S/C25H28O8S/c1-2-23(27)31-12-6-5-11-30-14-17(26)15-33-24(28)16-32-18-9-10-22-20(13-18)25(29)19-7-3-4-8-21(19)34-22/h2,7-10,13,17,26H,1,3-6,11-12,14-16H2. The highest BCUT2D eigenvalue weighted by atomic mass is 32.1. The van der Waals surface area contributed by atoms with Crippen molar-refractivity contribution in [2.75, 3.05) is 33.0 Å². The fraction of sp³-hybridized carbons (Fsp3) is 0.400. The first-order chi connectivity index (χ1) is 16.5. The van der Waals surface area contributed by atoms with Crippen LogP contribution in [0.15, 0.2) is 35.6 Å². The van der Waals surface area contributed by atoms with E-state index in [1.54, 1.807) is 23.5 Å². The van der Waals surface area contributed by atoms with Crippen molar-refractivity contribution >= 4 is 45.5 Å². The summed E-state index contributed by atoms with van der Waals surface area (Å²) in [6.45, 7) is 3.41. The highest BCUT2D eigenvalue weighted by molar-refractivity contribution is 7.16. The van der Waals surface area contributed by atoms with E-state index >= 15 is 0 Å². The van der Waals surface area contributed by atoms with Crippen LogP contribution >= 0.6 is 11.3 Å². The topological polar surface area (TPSA) is 108 Å². The van der Waals surface area contributed by atoms with Crippen molar-refractivity contribution in [2.24, 2.45) is 0 Å². The molecule has 0 bridgehead atoms. The van der Waals surface area contributed by atoms with E-state index in [1.807, 2.05) is 12.1 Å². The summed E-state index contributed by atoms with van der Waals surface area (Å²) < 4.78 is 22.5. The van der Waals surface area contributed by atoms with Gasteiger partial charge in [-0.3, -0.25) is 4.79 Å². The van der Waals surface area contributed by atoms with Gasteiger partial charge in [0, 0.05) is 32.5 Å². The van der Waals surface area contributed by atoms with Crippen LogP contribution in [0.4, 0.5) is 0 Å². The molecule has 34 heavy (non-hydrogen) atoms. The number of aliphatic hydroxyl groups excluding tert-OH is 1. The van der Waals surface area contributed by atoms with E-state index in [9.17, 15) is 19.5 Å². The van der Waals surface area contributed by atoms with Crippen LogP contribution in [0.1, 0.15) is 25.7 Å². The summed E-state index contributed by atoms with van der Waals surface area (Å²) in [4.78, 5) is 35.6. The normalized spacial score (nSPS) is 13.2. The first-order valence-corrected chi connectivity index (χ1v) is 11.9. The van der Waals surface area contributed by atoms with Crippen LogP contribution in [0.2, 0.25) is 0 Å². The van der Waals surface area contributed by atoms with E-state index in [4.69, 9.17) is 18.9 Å². The fourth-order valence-electron chi connectivity index (χ4n) is 3.26. The molecule has 3 rings (SSSR count). The maximum Gasteiger partial charge on any atom is 0.344 e. The molecule has 1 aliphatic rings. The zero-order chi connectivity index (χ0) is 24.3. The van der Waals surface area contributed by atoms with Gasteiger partial charge >= 0.3 is 11.9 Å². The summed E-state index contributed by atoms with van der Waals surface area (Å²) >= 11 is 1.56. The minimum Gasteiger partial charge on any atom is -0.482 e. The Morgan fingerprint density at radius 2 is 1.91 bits per heavy atom. The Morgan fingerprint density at radius 3 is 2.74 bits per heavy atom. The van der Waals surface area contributed by atoms with Crippen LogP contribution in [-0.4, -0.2) is 56.2 Å². The minimum atomic E-state index is -0.966. The van der Waals surface area contributed by atoms with Crippen LogP contribution in [0.5, 0.6) is 5.75 Å². The fourth-order valence-corrected chi connectivity index (χ4v) is 4.38. The average molecular weight is 489 g/mol. The maximum atomic E-state index is 12.8. The summed E-state index contributed by atoms with van der Waals surface area (Å²) in [5.41, 5.74) is -0.0337. The first-order valence-electron chi connectivity index (χ1n) is 11.1. The van der Waals surface area contributed by atoms with Crippen LogP contribution < -0.4 is 19.9 Å². The van der Waals surface area contributed by atoms with Gasteiger partial charge < -0.3 is 24.1 Å². The van der Waals surface area contributed by atoms with Gasteiger partial charge in [0.2, 0.25) is 0 Å². The van der Waals surface area contributed by atoms with Gasteiger partial charge in [-0.15, -0.1) is 11.3 Å². The molecular weight excluding hydrogens is 460 g/mol. The van der Waals surface area contributed by atoms with Crippen molar-refractivity contribution < 1.29 is 33.6 Å². The lowest BCUT2D eigenvalue weighted by Crippen LogP contribution is -2.38. The summed E-state index contributed by atoms with van der Waals surface area (Å²) in [7, 11) is 0. The smallest absolute Gasteiger partial charge is 0.344 e. The van der Waals surface area contributed by atoms with Crippen molar-refractivity contribution in [1.29, 1.82) is 0 Å². The molecule has 0 saturated carbocycles. The van der Waals surface area contributed by atoms with Crippen molar-refractivity contribution in [3.8, 4) is 5.75 Å². The third-order valence-corrected chi connectivity index (χ3v) is 6.15. The lowest BCUT2D eigenvalue weighted by atomic mass is 10.1. The molecule has 2 aromatic rings. The van der Waals surface area contributed by atoms with Crippen LogP contribution in [0, 0.1) is 0 Å². The van der Waals surface area contributed by atoms with Crippen LogP contribution in [0.3, 0.4) is 0 Å². The molecule has 0 amide bonds. The number of fused-ring (bicyclic) bond motifs is 2. The molecule has 1 heterocycles. The van der Waals surface area contributed by atoms with Gasteiger partial charge in [0.05, 0.1) is 13.2 Å². The molecule has 1 unspecified atom stereocenters. The zero-order valence-electron chi connectivity index (χ0n) is 18.8. The van der Waals surface area contributed by atoms with Gasteiger partial charge in [-0.1, -0.05) is 18.7 Å². The number of benzene rings is 1. The van der Waals surface area contributed by atoms with E-state index in [2.05, 4.69) is 12.7 Å². The summed E-state index contributed by atoms with van der Waals surface area (Å²) in [6.07, 6.45) is 7.27. The molecule has 1 aromatic heterocycles. The summed E-state index contributed by atoms with van der Waals surface area (Å²) in [6, 6.07) is 5.17. The number of hydrogen-bond acceptors (Lipinski definition) is 9. The third kappa shape index (κ3) is 7.51. The summed E-state index contributed by atoms with van der Waals surface area (Å²) in [5.74, 6) is -0.702. The number of carbonyl (C=O) groups excluding carboxylic acids is 2. The molecule has 0 spiro atoms. The number of aliphatic hydroxyl groups is 1. The van der Waals surface area contributed by atoms with Crippen molar-refractivity contribution in [3.63, 3.8) is 0 Å². The number of hydrogen-bond donors (Lipinski definition) is 1. The second-order valence-corrected chi connectivity index (χ2v) is 8.72. The molecular formula is C25H28O8S. The predicted molar refractivity (Wildman–Crippen MR) is 129 cm³/mol. The molecule has 1 N–H and O–H groups in total. The molecule has 0 radical (unpaired) electrons. The Labute approximate surface area is 200 Å². The molecule has 9 heteroatoms. The van der Waals surface area contributed by atoms with Crippen molar-refractivity contribution in [3.05, 3.63) is 50.8 Å².